The summed E-state index contributed by atoms with van der Waals surface area (Å²) in [4.78, 5) is 2.52. The molecule has 0 saturated carbocycles. The van der Waals surface area contributed by atoms with E-state index in [0.29, 0.717) is 6.04 Å². The average molecular weight is 232 g/mol. The molecular formula is C15H24N2. The lowest BCUT2D eigenvalue weighted by atomic mass is 9.99. The molecule has 2 unspecified atom stereocenters. The first kappa shape index (κ1) is 12.4. The van der Waals surface area contributed by atoms with Crippen LogP contribution in [0.4, 0.5) is 5.69 Å². The number of hydrogen-bond donors (Lipinski definition) is 1. The van der Waals surface area contributed by atoms with Crippen molar-refractivity contribution in [2.75, 3.05) is 24.5 Å². The topological polar surface area (TPSA) is 15.3 Å². The molecule has 0 bridgehead atoms. The Morgan fingerprint density at radius 2 is 2.12 bits per heavy atom. The van der Waals surface area contributed by atoms with Crippen LogP contribution in [0.15, 0.2) is 30.3 Å². The summed E-state index contributed by atoms with van der Waals surface area (Å²) in [6, 6.07) is 11.4. The molecule has 1 fully saturated rings. The Morgan fingerprint density at radius 3 is 2.82 bits per heavy atom. The summed E-state index contributed by atoms with van der Waals surface area (Å²) in [5, 5.41) is 3.69. The van der Waals surface area contributed by atoms with Gasteiger partial charge in [-0.2, -0.15) is 0 Å². The van der Waals surface area contributed by atoms with Gasteiger partial charge in [-0.25, -0.2) is 0 Å². The minimum atomic E-state index is 0.628. The second kappa shape index (κ2) is 6.06. The molecule has 94 valence electrons. The van der Waals surface area contributed by atoms with E-state index in [1.807, 2.05) is 0 Å². The maximum absolute atomic E-state index is 3.69. The van der Waals surface area contributed by atoms with E-state index in [9.17, 15) is 0 Å². The van der Waals surface area contributed by atoms with E-state index in [1.165, 1.54) is 25.1 Å². The van der Waals surface area contributed by atoms with Crippen molar-refractivity contribution in [3.05, 3.63) is 30.3 Å². The Morgan fingerprint density at radius 1 is 1.35 bits per heavy atom. The van der Waals surface area contributed by atoms with Crippen LogP contribution < -0.4 is 10.2 Å². The molecule has 0 amide bonds. The van der Waals surface area contributed by atoms with Crippen molar-refractivity contribution in [1.82, 2.24) is 5.32 Å². The van der Waals surface area contributed by atoms with Crippen molar-refractivity contribution in [3.8, 4) is 0 Å². The van der Waals surface area contributed by atoms with Gasteiger partial charge in [-0.15, -0.1) is 0 Å². The molecular weight excluding hydrogens is 208 g/mol. The molecule has 2 rings (SSSR count). The van der Waals surface area contributed by atoms with Gasteiger partial charge >= 0.3 is 0 Å². The summed E-state index contributed by atoms with van der Waals surface area (Å²) in [6.07, 6.45) is 2.49. The molecule has 0 aromatic heterocycles. The van der Waals surface area contributed by atoms with Crippen molar-refractivity contribution >= 4 is 5.69 Å². The molecule has 1 saturated heterocycles. The second-order valence-corrected chi connectivity index (χ2v) is 5.08. The highest BCUT2D eigenvalue weighted by Crippen LogP contribution is 2.18. The monoisotopic (exact) mass is 232 g/mol. The molecule has 1 aliphatic rings. The third kappa shape index (κ3) is 3.22. The van der Waals surface area contributed by atoms with E-state index in [0.717, 1.165) is 19.0 Å². The molecule has 2 nitrogen and oxygen atoms in total. The van der Waals surface area contributed by atoms with Gasteiger partial charge in [-0.1, -0.05) is 38.5 Å². The Balaban J connectivity index is 2.07. The Kier molecular flexibility index (Phi) is 4.43. The number of nitrogens with zero attached hydrogens (tertiary/aromatic N) is 1. The minimum Gasteiger partial charge on any atom is -0.370 e. The van der Waals surface area contributed by atoms with Crippen LogP contribution in [0.2, 0.25) is 0 Å². The van der Waals surface area contributed by atoms with Crippen LogP contribution in [0.3, 0.4) is 0 Å². The summed E-state index contributed by atoms with van der Waals surface area (Å²) >= 11 is 0. The van der Waals surface area contributed by atoms with Crippen LogP contribution in [-0.2, 0) is 0 Å². The van der Waals surface area contributed by atoms with E-state index in [1.54, 1.807) is 0 Å². The fourth-order valence-electron chi connectivity index (χ4n) is 2.49. The third-order valence-electron chi connectivity index (χ3n) is 3.88. The molecule has 0 radical (unpaired) electrons. The Labute approximate surface area is 105 Å². The first-order valence-corrected chi connectivity index (χ1v) is 6.84. The van der Waals surface area contributed by atoms with Crippen LogP contribution in [0.1, 0.15) is 26.7 Å². The second-order valence-electron chi connectivity index (χ2n) is 5.08. The van der Waals surface area contributed by atoms with Crippen LogP contribution in [0.25, 0.3) is 0 Å². The predicted octanol–water partition coefficient (Wildman–Crippen LogP) is 2.90. The third-order valence-corrected chi connectivity index (χ3v) is 3.88. The SMILES string of the molecule is CCC(C)C1CN(c2ccccc2)CCCN1. The summed E-state index contributed by atoms with van der Waals surface area (Å²) in [5.41, 5.74) is 1.37. The number of benzene rings is 1. The maximum atomic E-state index is 3.69. The normalized spacial score (nSPS) is 23.2. The molecule has 1 aromatic carbocycles. The lowest BCUT2D eigenvalue weighted by molar-refractivity contribution is 0.384. The molecule has 0 spiro atoms. The molecule has 1 N–H and O–H groups in total. The van der Waals surface area contributed by atoms with Crippen molar-refractivity contribution in [3.63, 3.8) is 0 Å². The van der Waals surface area contributed by atoms with Gasteiger partial charge in [-0.3, -0.25) is 0 Å². The number of hydrogen-bond acceptors (Lipinski definition) is 2. The first-order chi connectivity index (χ1) is 8.31. The summed E-state index contributed by atoms with van der Waals surface area (Å²) in [5.74, 6) is 0.749. The van der Waals surface area contributed by atoms with Gasteiger partial charge in [0.05, 0.1) is 0 Å². The van der Waals surface area contributed by atoms with Gasteiger partial charge in [0, 0.05) is 24.8 Å². The van der Waals surface area contributed by atoms with Gasteiger partial charge in [-0.05, 0) is 31.0 Å². The quantitative estimate of drug-likeness (QED) is 0.862. The molecule has 17 heavy (non-hydrogen) atoms. The van der Waals surface area contributed by atoms with E-state index in [-0.39, 0.29) is 0 Å². The molecule has 1 aromatic rings. The van der Waals surface area contributed by atoms with Crippen LogP contribution in [-0.4, -0.2) is 25.7 Å². The van der Waals surface area contributed by atoms with Gasteiger partial charge in [0.25, 0.3) is 0 Å². The lowest BCUT2D eigenvalue weighted by Crippen LogP contribution is -2.42. The molecule has 1 heterocycles. The minimum absolute atomic E-state index is 0.628. The van der Waals surface area contributed by atoms with Gasteiger partial charge in [0.2, 0.25) is 0 Å². The van der Waals surface area contributed by atoms with E-state index in [2.05, 4.69) is 54.4 Å². The van der Waals surface area contributed by atoms with Gasteiger partial charge in [0.1, 0.15) is 0 Å². The fraction of sp³-hybridized carbons (Fsp3) is 0.600. The van der Waals surface area contributed by atoms with Crippen molar-refractivity contribution in [1.29, 1.82) is 0 Å². The van der Waals surface area contributed by atoms with Crippen molar-refractivity contribution in [2.45, 2.75) is 32.7 Å². The Hall–Kier alpha value is -1.02. The molecule has 2 heteroatoms. The fourth-order valence-corrected chi connectivity index (χ4v) is 2.49. The number of para-hydroxylation sites is 1. The molecule has 0 aliphatic carbocycles. The summed E-state index contributed by atoms with van der Waals surface area (Å²) in [7, 11) is 0. The smallest absolute Gasteiger partial charge is 0.0366 e. The number of nitrogens with one attached hydrogen (secondary N) is 1. The first-order valence-electron chi connectivity index (χ1n) is 6.84. The average Bonchev–Trinajstić information content (AvgIpc) is 2.64. The molecule has 1 aliphatic heterocycles. The van der Waals surface area contributed by atoms with Crippen LogP contribution in [0.5, 0.6) is 0 Å². The van der Waals surface area contributed by atoms with Crippen LogP contribution >= 0.6 is 0 Å². The van der Waals surface area contributed by atoms with Gasteiger partial charge < -0.3 is 10.2 Å². The largest absolute Gasteiger partial charge is 0.370 e. The highest BCUT2D eigenvalue weighted by Gasteiger charge is 2.21. The summed E-state index contributed by atoms with van der Waals surface area (Å²) in [6.45, 7) is 8.09. The van der Waals surface area contributed by atoms with Crippen molar-refractivity contribution < 1.29 is 0 Å². The zero-order valence-electron chi connectivity index (χ0n) is 11.0. The van der Waals surface area contributed by atoms with E-state index in [4.69, 9.17) is 0 Å². The predicted molar refractivity (Wildman–Crippen MR) is 74.5 cm³/mol. The van der Waals surface area contributed by atoms with E-state index >= 15 is 0 Å². The Bertz CT molecular complexity index is 323. The highest BCUT2D eigenvalue weighted by molar-refractivity contribution is 5.46. The maximum Gasteiger partial charge on any atom is 0.0366 e. The summed E-state index contributed by atoms with van der Waals surface area (Å²) < 4.78 is 0. The van der Waals surface area contributed by atoms with Crippen molar-refractivity contribution in [2.24, 2.45) is 5.92 Å². The van der Waals surface area contributed by atoms with Gasteiger partial charge in [0.15, 0.2) is 0 Å². The standard InChI is InChI=1S/C15H24N2/c1-3-13(2)15-12-17(11-7-10-16-15)14-8-5-4-6-9-14/h4-6,8-9,13,15-16H,3,7,10-12H2,1-2H3. The molecule has 2 atom stereocenters. The van der Waals surface area contributed by atoms with E-state index < -0.39 is 0 Å². The highest BCUT2D eigenvalue weighted by atomic mass is 15.2. The van der Waals surface area contributed by atoms with Crippen LogP contribution in [0, 0.1) is 5.92 Å². The lowest BCUT2D eigenvalue weighted by Gasteiger charge is -2.29. The zero-order valence-corrected chi connectivity index (χ0v) is 11.0. The number of rotatable bonds is 3. The zero-order chi connectivity index (χ0) is 12.1. The number of anilines is 1.